The van der Waals surface area contributed by atoms with Gasteiger partial charge in [0.2, 0.25) is 11.5 Å². The number of carbonyl (C=O) groups excluding carboxylic acids is 2. The largest absolute Gasteiger partial charge is 0.376 e. The fourth-order valence-electron chi connectivity index (χ4n) is 3.60. The second kappa shape index (κ2) is 7.17. The monoisotopic (exact) mass is 333 g/mol. The zero-order chi connectivity index (χ0) is 17.1. The van der Waals surface area contributed by atoms with Crippen LogP contribution < -0.4 is 16.6 Å². The van der Waals surface area contributed by atoms with Crippen LogP contribution >= 0.6 is 0 Å². The third-order valence-corrected chi connectivity index (χ3v) is 4.73. The maximum absolute atomic E-state index is 12.5. The number of primary amides is 1. The van der Waals surface area contributed by atoms with E-state index < -0.39 is 0 Å². The van der Waals surface area contributed by atoms with Crippen molar-refractivity contribution in [1.82, 2.24) is 10.3 Å². The fourth-order valence-corrected chi connectivity index (χ4v) is 3.60. The normalized spacial score (nSPS) is 22.8. The minimum atomic E-state index is -0.330. The molecule has 3 rings (SSSR count). The number of hydrogen-bond acceptors (Lipinski definition) is 4. The van der Waals surface area contributed by atoms with Gasteiger partial charge in [-0.2, -0.15) is 0 Å². The fraction of sp³-hybridized carbons (Fsp3) is 0.588. The summed E-state index contributed by atoms with van der Waals surface area (Å²) in [5.41, 5.74) is 7.28. The molecule has 2 heterocycles. The minimum absolute atomic E-state index is 0.115. The predicted molar refractivity (Wildman–Crippen MR) is 87.7 cm³/mol. The van der Waals surface area contributed by atoms with Crippen molar-refractivity contribution in [1.29, 1.82) is 0 Å². The Hall–Kier alpha value is -2.15. The van der Waals surface area contributed by atoms with Crippen LogP contribution in [0, 0.1) is 5.92 Å². The SMILES string of the molecule is NC(=O)CC1COC(CNC(=O)c2cc(=O)[nH]c3c2CCCC3)C1. The van der Waals surface area contributed by atoms with E-state index in [9.17, 15) is 14.4 Å². The van der Waals surface area contributed by atoms with Gasteiger partial charge in [-0.15, -0.1) is 0 Å². The summed E-state index contributed by atoms with van der Waals surface area (Å²) in [7, 11) is 0. The molecule has 0 aromatic carbocycles. The number of pyridine rings is 1. The minimum Gasteiger partial charge on any atom is -0.376 e. The number of hydrogen-bond donors (Lipinski definition) is 3. The van der Waals surface area contributed by atoms with Crippen molar-refractivity contribution in [2.24, 2.45) is 11.7 Å². The molecule has 0 saturated carbocycles. The van der Waals surface area contributed by atoms with Crippen LogP contribution in [0.4, 0.5) is 0 Å². The molecule has 2 unspecified atom stereocenters. The molecule has 1 aliphatic heterocycles. The number of ether oxygens (including phenoxy) is 1. The number of carbonyl (C=O) groups is 2. The number of fused-ring (bicyclic) bond motifs is 1. The zero-order valence-electron chi connectivity index (χ0n) is 13.6. The summed E-state index contributed by atoms with van der Waals surface area (Å²) in [6.07, 6.45) is 4.59. The van der Waals surface area contributed by atoms with Crippen molar-refractivity contribution in [3.05, 3.63) is 33.2 Å². The average Bonchev–Trinajstić information content (AvgIpc) is 2.98. The maximum atomic E-state index is 12.5. The number of H-pyrrole nitrogens is 1. The van der Waals surface area contributed by atoms with Crippen molar-refractivity contribution >= 4 is 11.8 Å². The predicted octanol–water partition coefficient (Wildman–Crippen LogP) is 0.264. The first-order valence-corrected chi connectivity index (χ1v) is 8.46. The molecule has 2 amide bonds. The highest BCUT2D eigenvalue weighted by molar-refractivity contribution is 5.95. The zero-order valence-corrected chi connectivity index (χ0v) is 13.6. The first-order valence-electron chi connectivity index (χ1n) is 8.46. The van der Waals surface area contributed by atoms with E-state index in [0.717, 1.165) is 36.9 Å². The van der Waals surface area contributed by atoms with E-state index in [4.69, 9.17) is 10.5 Å². The topological polar surface area (TPSA) is 114 Å². The van der Waals surface area contributed by atoms with Crippen LogP contribution in [0.2, 0.25) is 0 Å². The molecule has 4 N–H and O–H groups in total. The molecule has 2 aliphatic rings. The van der Waals surface area contributed by atoms with Crippen LogP contribution in [-0.2, 0) is 22.4 Å². The Bertz CT molecular complexity index is 698. The average molecular weight is 333 g/mol. The molecule has 1 fully saturated rings. The van der Waals surface area contributed by atoms with E-state index in [-0.39, 0.29) is 29.4 Å². The number of aromatic nitrogens is 1. The molecule has 0 spiro atoms. The van der Waals surface area contributed by atoms with E-state index in [1.54, 1.807) is 0 Å². The quantitative estimate of drug-likeness (QED) is 0.717. The van der Waals surface area contributed by atoms with Gasteiger partial charge in [-0.3, -0.25) is 14.4 Å². The molecule has 1 aliphatic carbocycles. The Labute approximate surface area is 140 Å². The van der Waals surface area contributed by atoms with Crippen LogP contribution in [0.1, 0.15) is 47.3 Å². The van der Waals surface area contributed by atoms with Crippen LogP contribution in [0.15, 0.2) is 10.9 Å². The molecule has 2 atom stereocenters. The van der Waals surface area contributed by atoms with Crippen molar-refractivity contribution in [2.75, 3.05) is 13.2 Å². The molecule has 7 nitrogen and oxygen atoms in total. The number of nitrogens with two attached hydrogens (primary N) is 1. The highest BCUT2D eigenvalue weighted by atomic mass is 16.5. The van der Waals surface area contributed by atoms with Crippen molar-refractivity contribution in [2.45, 2.75) is 44.6 Å². The number of amides is 2. The van der Waals surface area contributed by atoms with Gasteiger partial charge in [0.15, 0.2) is 0 Å². The summed E-state index contributed by atoms with van der Waals surface area (Å²) in [6, 6.07) is 1.38. The molecule has 0 bridgehead atoms. The van der Waals surface area contributed by atoms with Gasteiger partial charge in [0.05, 0.1) is 12.7 Å². The lowest BCUT2D eigenvalue weighted by atomic mass is 9.92. The van der Waals surface area contributed by atoms with Crippen LogP contribution in [0.3, 0.4) is 0 Å². The van der Waals surface area contributed by atoms with E-state index in [0.29, 0.717) is 31.6 Å². The highest BCUT2D eigenvalue weighted by Crippen LogP contribution is 2.23. The molecule has 0 radical (unpaired) electrons. The summed E-state index contributed by atoms with van der Waals surface area (Å²) in [5.74, 6) is -0.443. The molecule has 7 heteroatoms. The number of rotatable bonds is 5. The van der Waals surface area contributed by atoms with E-state index in [2.05, 4.69) is 10.3 Å². The Morgan fingerprint density at radius 3 is 2.92 bits per heavy atom. The molecule has 1 saturated heterocycles. The van der Waals surface area contributed by atoms with Gasteiger partial charge in [-0.05, 0) is 43.6 Å². The molecule has 1 aromatic rings. The lowest BCUT2D eigenvalue weighted by Crippen LogP contribution is -2.34. The van der Waals surface area contributed by atoms with Crippen molar-refractivity contribution in [3.63, 3.8) is 0 Å². The van der Waals surface area contributed by atoms with Gasteiger partial charge in [-0.1, -0.05) is 0 Å². The lowest BCUT2D eigenvalue weighted by Gasteiger charge is -2.19. The smallest absolute Gasteiger partial charge is 0.251 e. The van der Waals surface area contributed by atoms with Gasteiger partial charge in [0.25, 0.3) is 5.91 Å². The van der Waals surface area contributed by atoms with Gasteiger partial charge >= 0.3 is 0 Å². The summed E-state index contributed by atoms with van der Waals surface area (Å²) in [6.45, 7) is 0.861. The first-order chi connectivity index (χ1) is 11.5. The van der Waals surface area contributed by atoms with Crippen molar-refractivity contribution in [3.8, 4) is 0 Å². The standard InChI is InChI=1S/C17H23N3O4/c18-15(21)6-10-5-11(24-9-10)8-19-17(23)13-7-16(22)20-14-4-2-1-3-12(13)14/h7,10-11H,1-6,8-9H2,(H2,18,21)(H,19,23)(H,20,22). The van der Waals surface area contributed by atoms with E-state index in [1.807, 2.05) is 0 Å². The van der Waals surface area contributed by atoms with E-state index in [1.165, 1.54) is 6.07 Å². The van der Waals surface area contributed by atoms with Gasteiger partial charge in [-0.25, -0.2) is 0 Å². The van der Waals surface area contributed by atoms with Gasteiger partial charge < -0.3 is 20.8 Å². The van der Waals surface area contributed by atoms with Gasteiger partial charge in [0, 0.05) is 30.3 Å². The maximum Gasteiger partial charge on any atom is 0.251 e. The summed E-state index contributed by atoms with van der Waals surface area (Å²) >= 11 is 0. The summed E-state index contributed by atoms with van der Waals surface area (Å²) in [4.78, 5) is 38.0. The highest BCUT2D eigenvalue weighted by Gasteiger charge is 2.27. The molecular formula is C17H23N3O4. The molecule has 1 aromatic heterocycles. The summed E-state index contributed by atoms with van der Waals surface area (Å²) in [5, 5.41) is 2.86. The number of aromatic amines is 1. The number of nitrogens with one attached hydrogen (secondary N) is 2. The Balaban J connectivity index is 1.61. The Morgan fingerprint density at radius 2 is 2.12 bits per heavy atom. The first kappa shape index (κ1) is 16.7. The van der Waals surface area contributed by atoms with Crippen molar-refractivity contribution < 1.29 is 14.3 Å². The summed E-state index contributed by atoms with van der Waals surface area (Å²) < 4.78 is 5.60. The van der Waals surface area contributed by atoms with Crippen LogP contribution in [-0.4, -0.2) is 36.1 Å². The third-order valence-electron chi connectivity index (χ3n) is 4.73. The number of aryl methyl sites for hydroxylation is 1. The van der Waals surface area contributed by atoms with Crippen LogP contribution in [0.25, 0.3) is 0 Å². The van der Waals surface area contributed by atoms with Gasteiger partial charge in [0.1, 0.15) is 0 Å². The molecular weight excluding hydrogens is 310 g/mol. The molecule has 24 heavy (non-hydrogen) atoms. The lowest BCUT2D eigenvalue weighted by molar-refractivity contribution is -0.118. The van der Waals surface area contributed by atoms with E-state index >= 15 is 0 Å². The third kappa shape index (κ3) is 3.84. The van der Waals surface area contributed by atoms with Crippen LogP contribution in [0.5, 0.6) is 0 Å². The second-order valence-electron chi connectivity index (χ2n) is 6.65. The second-order valence-corrected chi connectivity index (χ2v) is 6.65. The Morgan fingerprint density at radius 1 is 1.33 bits per heavy atom. The molecule has 130 valence electrons. The Kier molecular flexibility index (Phi) is 4.99.